The largest absolute Gasteiger partial charge is 0.486 e. The molecule has 2 atom stereocenters. The fourth-order valence-electron chi connectivity index (χ4n) is 4.46. The van der Waals surface area contributed by atoms with Crippen molar-refractivity contribution in [3.63, 3.8) is 0 Å². The highest BCUT2D eigenvalue weighted by molar-refractivity contribution is 7.93. The van der Waals surface area contributed by atoms with E-state index in [1.54, 1.807) is 4.68 Å². The van der Waals surface area contributed by atoms with E-state index in [-0.39, 0.29) is 40.1 Å². The Bertz CT molecular complexity index is 1430. The lowest BCUT2D eigenvalue weighted by atomic mass is 10.0. The molecule has 0 spiro atoms. The number of nitrogens with one attached hydrogen (secondary N) is 1. The van der Waals surface area contributed by atoms with Crippen LogP contribution in [0.1, 0.15) is 45.7 Å². The Balaban J connectivity index is 1.72. The fourth-order valence-corrected chi connectivity index (χ4v) is 6.70. The second kappa shape index (κ2) is 10.7. The number of carboxylic acids is 1. The van der Waals surface area contributed by atoms with Crippen LogP contribution in [0.4, 0.5) is 29.3 Å². The van der Waals surface area contributed by atoms with Gasteiger partial charge in [0.2, 0.25) is 5.60 Å². The number of carboxylic acid groups (broad SMARTS) is 1. The van der Waals surface area contributed by atoms with Crippen LogP contribution in [0.3, 0.4) is 0 Å². The Morgan fingerprint density at radius 3 is 2.65 bits per heavy atom. The molecule has 0 radical (unpaired) electrons. The van der Waals surface area contributed by atoms with Crippen LogP contribution in [-0.2, 0) is 32.5 Å². The molecule has 11 nitrogen and oxygen atoms in total. The van der Waals surface area contributed by atoms with Crippen LogP contribution in [-0.4, -0.2) is 59.8 Å². The van der Waals surface area contributed by atoms with Gasteiger partial charge < -0.3 is 14.6 Å². The summed E-state index contributed by atoms with van der Waals surface area (Å²) in [6.45, 7) is 3.05. The van der Waals surface area contributed by atoms with Crippen LogP contribution in [0.2, 0.25) is 5.15 Å². The summed E-state index contributed by atoms with van der Waals surface area (Å²) in [6, 6.07) is 3.84. The van der Waals surface area contributed by atoms with Crippen molar-refractivity contribution in [2.75, 3.05) is 16.2 Å². The standard InChI is InChI=1S/C24H28ClF3N4O7S/c1-13(21(33)34)10-15-12-32(40(36,37)19-16-6-4-5-9-31(16)30-20(19)25)17-11-14(7-8-18(17)38-15)29-22(35)39-23(2,3)24(26,27)28/h7-8,11,13,15H,4-6,9-10,12H2,1-3H3,(H,29,35)(H,33,34). The van der Waals surface area contributed by atoms with Crippen molar-refractivity contribution >= 4 is 45.1 Å². The lowest BCUT2D eigenvalue weighted by molar-refractivity contribution is -0.242. The molecule has 1 aromatic carbocycles. The number of hydrogen-bond donors (Lipinski definition) is 2. The van der Waals surface area contributed by atoms with Gasteiger partial charge in [-0.25, -0.2) is 13.2 Å². The number of aryl methyl sites for hydroxylation is 1. The Morgan fingerprint density at radius 1 is 1.30 bits per heavy atom. The van der Waals surface area contributed by atoms with Crippen LogP contribution in [0.15, 0.2) is 23.1 Å². The van der Waals surface area contributed by atoms with E-state index in [0.717, 1.165) is 17.1 Å². The van der Waals surface area contributed by atoms with Crippen molar-refractivity contribution in [3.8, 4) is 5.75 Å². The van der Waals surface area contributed by atoms with Crippen molar-refractivity contribution < 1.29 is 45.8 Å². The first-order valence-electron chi connectivity index (χ1n) is 12.4. The average Bonchev–Trinajstić information content (AvgIpc) is 3.18. The number of alkyl halides is 3. The zero-order chi connectivity index (χ0) is 29.6. The predicted octanol–water partition coefficient (Wildman–Crippen LogP) is 4.83. The Kier molecular flexibility index (Phi) is 7.93. The number of halogens is 4. The average molecular weight is 609 g/mol. The number of fused-ring (bicyclic) bond motifs is 2. The first-order valence-corrected chi connectivity index (χ1v) is 14.2. The molecule has 0 fully saturated rings. The van der Waals surface area contributed by atoms with E-state index in [4.69, 9.17) is 16.3 Å². The third-order valence-electron chi connectivity index (χ3n) is 6.76. The van der Waals surface area contributed by atoms with E-state index < -0.39 is 45.9 Å². The minimum Gasteiger partial charge on any atom is -0.486 e. The van der Waals surface area contributed by atoms with Crippen LogP contribution in [0.25, 0.3) is 0 Å². The number of amides is 1. The van der Waals surface area contributed by atoms with Crippen LogP contribution >= 0.6 is 11.6 Å². The number of nitrogens with zero attached hydrogens (tertiary/aromatic N) is 3. The summed E-state index contributed by atoms with van der Waals surface area (Å²) >= 11 is 6.31. The molecule has 3 heterocycles. The van der Waals surface area contributed by atoms with Crippen LogP contribution < -0.4 is 14.4 Å². The van der Waals surface area contributed by atoms with Crippen LogP contribution in [0, 0.1) is 5.92 Å². The van der Waals surface area contributed by atoms with Crippen molar-refractivity contribution in [3.05, 3.63) is 29.0 Å². The Morgan fingerprint density at radius 2 is 2.00 bits per heavy atom. The summed E-state index contributed by atoms with van der Waals surface area (Å²) in [5.41, 5.74) is -2.44. The third-order valence-corrected chi connectivity index (χ3v) is 9.00. The van der Waals surface area contributed by atoms with Gasteiger partial charge in [0, 0.05) is 12.2 Å². The van der Waals surface area contributed by atoms with Gasteiger partial charge in [0.1, 0.15) is 16.7 Å². The van der Waals surface area contributed by atoms with E-state index in [1.807, 2.05) is 0 Å². The zero-order valence-corrected chi connectivity index (χ0v) is 23.4. The number of anilines is 2. The normalized spacial score (nSPS) is 18.3. The molecule has 2 N–H and O–H groups in total. The van der Waals surface area contributed by atoms with Gasteiger partial charge >= 0.3 is 18.2 Å². The van der Waals surface area contributed by atoms with Crippen LogP contribution in [0.5, 0.6) is 5.75 Å². The van der Waals surface area contributed by atoms with Gasteiger partial charge in [0.25, 0.3) is 10.0 Å². The molecule has 0 bridgehead atoms. The summed E-state index contributed by atoms with van der Waals surface area (Å²) in [4.78, 5) is 23.5. The number of carbonyl (C=O) groups excluding carboxylic acids is 1. The van der Waals surface area contributed by atoms with Crippen molar-refractivity contribution in [2.24, 2.45) is 5.92 Å². The van der Waals surface area contributed by atoms with E-state index in [1.165, 1.54) is 25.1 Å². The molecule has 2 aromatic rings. The van der Waals surface area contributed by atoms with Gasteiger partial charge in [-0.2, -0.15) is 18.3 Å². The number of sulfonamides is 1. The maximum absolute atomic E-state index is 14.1. The summed E-state index contributed by atoms with van der Waals surface area (Å²) in [7, 11) is -4.39. The Hall–Kier alpha value is -3.20. The van der Waals surface area contributed by atoms with Gasteiger partial charge in [-0.05, 0) is 57.7 Å². The van der Waals surface area contributed by atoms with Gasteiger partial charge in [0.15, 0.2) is 5.15 Å². The first kappa shape index (κ1) is 29.8. The molecule has 220 valence electrons. The molecule has 2 aliphatic rings. The molecular formula is C24H28ClF3N4O7S. The lowest BCUT2D eigenvalue weighted by Gasteiger charge is -2.36. The first-order chi connectivity index (χ1) is 18.5. The number of aromatic nitrogens is 2. The minimum atomic E-state index is -4.83. The molecule has 16 heteroatoms. The summed E-state index contributed by atoms with van der Waals surface area (Å²) < 4.78 is 80.6. The smallest absolute Gasteiger partial charge is 0.427 e. The van der Waals surface area contributed by atoms with E-state index in [2.05, 4.69) is 15.2 Å². The molecule has 0 aliphatic carbocycles. The van der Waals surface area contributed by atoms with E-state index >= 15 is 0 Å². The number of hydrogen-bond acceptors (Lipinski definition) is 7. The van der Waals surface area contributed by atoms with Crippen molar-refractivity contribution in [1.82, 2.24) is 9.78 Å². The second-order valence-corrected chi connectivity index (χ2v) is 12.4. The Labute approximate surface area is 233 Å². The number of carbonyl (C=O) groups is 2. The molecule has 0 saturated carbocycles. The quantitative estimate of drug-likeness (QED) is 0.456. The summed E-state index contributed by atoms with van der Waals surface area (Å²) in [6.07, 6.45) is -5.15. The highest BCUT2D eigenvalue weighted by Gasteiger charge is 2.51. The number of ether oxygens (including phenoxy) is 2. The molecular weight excluding hydrogens is 581 g/mol. The van der Waals surface area contributed by atoms with Crippen molar-refractivity contribution in [2.45, 2.75) is 75.8 Å². The van der Waals surface area contributed by atoms with Gasteiger partial charge in [-0.15, -0.1) is 0 Å². The maximum Gasteiger partial charge on any atom is 0.427 e. The highest BCUT2D eigenvalue weighted by Crippen LogP contribution is 2.42. The van der Waals surface area contributed by atoms with Crippen molar-refractivity contribution in [1.29, 1.82) is 0 Å². The molecule has 40 heavy (non-hydrogen) atoms. The molecule has 4 rings (SSSR count). The summed E-state index contributed by atoms with van der Waals surface area (Å²) in [5, 5.41) is 15.5. The number of benzene rings is 1. The maximum atomic E-state index is 14.1. The summed E-state index contributed by atoms with van der Waals surface area (Å²) in [5.74, 6) is -1.88. The van der Waals surface area contributed by atoms with E-state index in [0.29, 0.717) is 32.5 Å². The topological polar surface area (TPSA) is 140 Å². The fraction of sp³-hybridized carbons (Fsp3) is 0.542. The SMILES string of the molecule is CC(CC1CN(S(=O)(=O)c2c(Cl)nn3c2CCCC3)c2cc(NC(=O)OC(C)(C)C(F)(F)F)ccc2O1)C(=O)O. The van der Waals surface area contributed by atoms with Gasteiger partial charge in [-0.3, -0.25) is 19.1 Å². The number of aliphatic carboxylic acids is 1. The van der Waals surface area contributed by atoms with Gasteiger partial charge in [-0.1, -0.05) is 18.5 Å². The molecule has 2 unspecified atom stereocenters. The molecule has 1 amide bonds. The zero-order valence-electron chi connectivity index (χ0n) is 21.8. The highest BCUT2D eigenvalue weighted by atomic mass is 35.5. The minimum absolute atomic E-state index is 0.0144. The third kappa shape index (κ3) is 5.80. The van der Waals surface area contributed by atoms with Gasteiger partial charge in [0.05, 0.1) is 23.8 Å². The monoisotopic (exact) mass is 608 g/mol. The lowest BCUT2D eigenvalue weighted by Crippen LogP contribution is -2.45. The predicted molar refractivity (Wildman–Crippen MR) is 137 cm³/mol. The molecule has 1 aromatic heterocycles. The van der Waals surface area contributed by atoms with E-state index in [9.17, 15) is 36.3 Å². The molecule has 0 saturated heterocycles. The second-order valence-electron chi connectivity index (χ2n) is 10.2. The molecule has 2 aliphatic heterocycles. The number of rotatable bonds is 7.